The van der Waals surface area contributed by atoms with Gasteiger partial charge in [0.2, 0.25) is 5.76 Å². The van der Waals surface area contributed by atoms with E-state index < -0.39 is 5.97 Å². The SMILES string of the molecule is COc1ccc(/C=C/C(=O)c2ccccc2OC(=O)c2ccc(Br)o2)cc1OC. The van der Waals surface area contributed by atoms with E-state index in [1.54, 1.807) is 68.8 Å². The largest absolute Gasteiger partial charge is 0.493 e. The number of ketones is 1. The summed E-state index contributed by atoms with van der Waals surface area (Å²) in [6, 6.07) is 14.9. The van der Waals surface area contributed by atoms with Crippen LogP contribution in [0.2, 0.25) is 0 Å². The highest BCUT2D eigenvalue weighted by Crippen LogP contribution is 2.28. The summed E-state index contributed by atoms with van der Waals surface area (Å²) in [5, 5.41) is 0. The van der Waals surface area contributed by atoms with Crippen LogP contribution >= 0.6 is 15.9 Å². The number of carbonyl (C=O) groups is 2. The van der Waals surface area contributed by atoms with Gasteiger partial charge in [-0.2, -0.15) is 0 Å². The highest BCUT2D eigenvalue weighted by atomic mass is 79.9. The second kappa shape index (κ2) is 9.25. The average Bonchev–Trinajstić information content (AvgIpc) is 3.18. The zero-order chi connectivity index (χ0) is 20.8. The third-order valence-corrected chi connectivity index (χ3v) is 4.39. The number of ether oxygens (including phenoxy) is 3. The molecule has 0 atom stereocenters. The van der Waals surface area contributed by atoms with Crippen molar-refractivity contribution in [2.75, 3.05) is 14.2 Å². The molecule has 0 aliphatic rings. The fourth-order valence-corrected chi connectivity index (χ4v) is 2.86. The van der Waals surface area contributed by atoms with Crippen molar-refractivity contribution in [1.29, 1.82) is 0 Å². The number of allylic oxidation sites excluding steroid dienone is 1. The van der Waals surface area contributed by atoms with Crippen molar-refractivity contribution in [3.05, 3.63) is 82.2 Å². The average molecular weight is 457 g/mol. The Morgan fingerprint density at radius 3 is 2.38 bits per heavy atom. The van der Waals surface area contributed by atoms with Gasteiger partial charge in [0.15, 0.2) is 22.0 Å². The molecule has 29 heavy (non-hydrogen) atoms. The Kier molecular flexibility index (Phi) is 6.51. The lowest BCUT2D eigenvalue weighted by Gasteiger charge is -2.08. The predicted molar refractivity (Wildman–Crippen MR) is 111 cm³/mol. The first-order valence-corrected chi connectivity index (χ1v) is 9.32. The van der Waals surface area contributed by atoms with Crippen molar-refractivity contribution in [2.45, 2.75) is 0 Å². The van der Waals surface area contributed by atoms with E-state index in [0.29, 0.717) is 16.2 Å². The first-order chi connectivity index (χ1) is 14.0. The standard InChI is InChI=1S/C22H17BrO6/c1-26-18-10-8-14(13-20(18)27-2)7-9-16(24)15-5-3-4-6-17(15)29-22(25)19-11-12-21(23)28-19/h3-13H,1-2H3/b9-7+. The van der Waals surface area contributed by atoms with Gasteiger partial charge in [-0.15, -0.1) is 0 Å². The van der Waals surface area contributed by atoms with E-state index in [1.807, 2.05) is 0 Å². The van der Waals surface area contributed by atoms with Gasteiger partial charge >= 0.3 is 5.97 Å². The van der Waals surface area contributed by atoms with E-state index in [4.69, 9.17) is 18.6 Å². The molecule has 0 amide bonds. The van der Waals surface area contributed by atoms with Crippen LogP contribution in [0.15, 0.2) is 69.8 Å². The second-order valence-corrected chi connectivity index (χ2v) is 6.58. The molecule has 2 aromatic carbocycles. The summed E-state index contributed by atoms with van der Waals surface area (Å²) in [5.74, 6) is 0.314. The molecule has 3 aromatic rings. The number of hydrogen-bond donors (Lipinski definition) is 0. The summed E-state index contributed by atoms with van der Waals surface area (Å²) < 4.78 is 21.4. The molecular weight excluding hydrogens is 440 g/mol. The minimum atomic E-state index is -0.695. The maximum Gasteiger partial charge on any atom is 0.379 e. The number of benzene rings is 2. The van der Waals surface area contributed by atoms with Crippen LogP contribution in [0.1, 0.15) is 26.5 Å². The lowest BCUT2D eigenvalue weighted by atomic mass is 10.1. The van der Waals surface area contributed by atoms with E-state index in [-0.39, 0.29) is 22.9 Å². The molecule has 7 heteroatoms. The van der Waals surface area contributed by atoms with Crippen LogP contribution in [0.3, 0.4) is 0 Å². The van der Waals surface area contributed by atoms with E-state index >= 15 is 0 Å². The fourth-order valence-electron chi connectivity index (χ4n) is 2.55. The molecule has 0 radical (unpaired) electrons. The molecule has 0 unspecified atom stereocenters. The molecular formula is C22H17BrO6. The quantitative estimate of drug-likeness (QED) is 0.211. The number of rotatable bonds is 7. The summed E-state index contributed by atoms with van der Waals surface area (Å²) in [6.45, 7) is 0. The van der Waals surface area contributed by atoms with E-state index in [2.05, 4.69) is 15.9 Å². The smallest absolute Gasteiger partial charge is 0.379 e. The summed E-state index contributed by atoms with van der Waals surface area (Å²) in [5.41, 5.74) is 1.01. The Labute approximate surface area is 175 Å². The predicted octanol–water partition coefficient (Wildman–Crippen LogP) is 5.17. The third kappa shape index (κ3) is 4.94. The van der Waals surface area contributed by atoms with Gasteiger partial charge in [0.1, 0.15) is 5.75 Å². The normalized spacial score (nSPS) is 10.7. The summed E-state index contributed by atoms with van der Waals surface area (Å²) >= 11 is 3.13. The molecule has 6 nitrogen and oxygen atoms in total. The van der Waals surface area contributed by atoms with Crippen LogP contribution in [0, 0.1) is 0 Å². The second-order valence-electron chi connectivity index (χ2n) is 5.80. The lowest BCUT2D eigenvalue weighted by Crippen LogP contribution is -2.10. The topological polar surface area (TPSA) is 75.0 Å². The maximum absolute atomic E-state index is 12.7. The van der Waals surface area contributed by atoms with E-state index in [1.165, 1.54) is 12.1 Å². The minimum Gasteiger partial charge on any atom is -0.493 e. The van der Waals surface area contributed by atoms with Crippen molar-refractivity contribution in [1.82, 2.24) is 0 Å². The van der Waals surface area contributed by atoms with Gasteiger partial charge in [0.05, 0.1) is 19.8 Å². The Bertz CT molecular complexity index is 1070. The first-order valence-electron chi connectivity index (χ1n) is 8.53. The molecule has 0 saturated carbocycles. The molecule has 1 aromatic heterocycles. The van der Waals surface area contributed by atoms with Crippen LogP contribution in [0.25, 0.3) is 6.08 Å². The van der Waals surface area contributed by atoms with Gasteiger partial charge in [0, 0.05) is 0 Å². The van der Waals surface area contributed by atoms with Gasteiger partial charge < -0.3 is 18.6 Å². The molecule has 148 valence electrons. The lowest BCUT2D eigenvalue weighted by molar-refractivity contribution is 0.0698. The number of para-hydroxylation sites is 1. The summed E-state index contributed by atoms with van der Waals surface area (Å²) in [6.07, 6.45) is 3.05. The molecule has 0 bridgehead atoms. The fraction of sp³-hybridized carbons (Fsp3) is 0.0909. The number of hydrogen-bond acceptors (Lipinski definition) is 6. The molecule has 0 spiro atoms. The first kappa shape index (κ1) is 20.4. The van der Waals surface area contributed by atoms with Crippen LogP contribution in [0.4, 0.5) is 0 Å². The van der Waals surface area contributed by atoms with Gasteiger partial charge in [-0.25, -0.2) is 4.79 Å². The van der Waals surface area contributed by atoms with Crippen molar-refractivity contribution in [2.24, 2.45) is 0 Å². The Hall–Kier alpha value is -3.32. The van der Waals surface area contributed by atoms with Gasteiger partial charge in [-0.1, -0.05) is 24.3 Å². The number of carbonyl (C=O) groups excluding carboxylic acids is 2. The highest BCUT2D eigenvalue weighted by molar-refractivity contribution is 9.10. The Morgan fingerprint density at radius 1 is 0.931 bits per heavy atom. The van der Waals surface area contributed by atoms with Crippen molar-refractivity contribution >= 4 is 33.8 Å². The number of methoxy groups -OCH3 is 2. The van der Waals surface area contributed by atoms with Gasteiger partial charge in [-0.05, 0) is 64.0 Å². The van der Waals surface area contributed by atoms with Crippen molar-refractivity contribution in [3.8, 4) is 17.2 Å². The number of halogens is 1. The summed E-state index contributed by atoms with van der Waals surface area (Å²) in [4.78, 5) is 24.9. The molecule has 0 aliphatic carbocycles. The van der Waals surface area contributed by atoms with Crippen LogP contribution in [-0.4, -0.2) is 26.0 Å². The Balaban J connectivity index is 1.79. The molecule has 0 saturated heterocycles. The van der Waals surface area contributed by atoms with Crippen LogP contribution in [0.5, 0.6) is 17.2 Å². The molecule has 1 heterocycles. The monoisotopic (exact) mass is 456 g/mol. The number of esters is 1. The third-order valence-electron chi connectivity index (χ3n) is 3.96. The highest BCUT2D eigenvalue weighted by Gasteiger charge is 2.17. The molecule has 0 fully saturated rings. The maximum atomic E-state index is 12.7. The van der Waals surface area contributed by atoms with Gasteiger partial charge in [-0.3, -0.25) is 4.79 Å². The Morgan fingerprint density at radius 2 is 1.69 bits per heavy atom. The molecule has 0 aliphatic heterocycles. The van der Waals surface area contributed by atoms with E-state index in [0.717, 1.165) is 5.56 Å². The molecule has 3 rings (SSSR count). The zero-order valence-corrected chi connectivity index (χ0v) is 17.3. The zero-order valence-electron chi connectivity index (χ0n) is 15.7. The van der Waals surface area contributed by atoms with Crippen molar-refractivity contribution < 1.29 is 28.2 Å². The molecule has 0 N–H and O–H groups in total. The van der Waals surface area contributed by atoms with E-state index in [9.17, 15) is 9.59 Å². The van der Waals surface area contributed by atoms with Crippen LogP contribution < -0.4 is 14.2 Å². The number of furan rings is 1. The minimum absolute atomic E-state index is 0.0278. The van der Waals surface area contributed by atoms with Crippen molar-refractivity contribution in [3.63, 3.8) is 0 Å². The van der Waals surface area contributed by atoms with Crippen LogP contribution in [-0.2, 0) is 0 Å². The van der Waals surface area contributed by atoms with Gasteiger partial charge in [0.25, 0.3) is 0 Å². The summed E-state index contributed by atoms with van der Waals surface area (Å²) in [7, 11) is 3.09.